The minimum absolute atomic E-state index is 0.311. The number of anilines is 2. The lowest BCUT2D eigenvalue weighted by Crippen LogP contribution is -2.19. The molecule has 0 saturated carbocycles. The molecule has 1 heterocycles. The van der Waals surface area contributed by atoms with Gasteiger partial charge in [0.1, 0.15) is 0 Å². The predicted octanol–water partition coefficient (Wildman–Crippen LogP) is 4.77. The number of benzene rings is 2. The molecular weight excluding hydrogens is 362 g/mol. The molecule has 0 atom stereocenters. The van der Waals surface area contributed by atoms with Crippen LogP contribution in [0.4, 0.5) is 15.6 Å². The van der Waals surface area contributed by atoms with Crippen molar-refractivity contribution in [2.75, 3.05) is 17.2 Å². The Balaban J connectivity index is 1.72. The maximum Gasteiger partial charge on any atom is 0.338 e. The predicted molar refractivity (Wildman–Crippen MR) is 99.7 cm³/mol. The van der Waals surface area contributed by atoms with Gasteiger partial charge in [0.25, 0.3) is 0 Å². The lowest BCUT2D eigenvalue weighted by molar-refractivity contribution is 0.0526. The third-order valence-corrected chi connectivity index (χ3v) is 4.43. The van der Waals surface area contributed by atoms with Gasteiger partial charge in [-0.1, -0.05) is 22.9 Å². The molecule has 8 heteroatoms. The molecule has 0 aliphatic carbocycles. The molecule has 25 heavy (non-hydrogen) atoms. The minimum atomic E-state index is -0.410. The van der Waals surface area contributed by atoms with E-state index in [-0.39, 0.29) is 0 Å². The van der Waals surface area contributed by atoms with Crippen molar-refractivity contribution in [1.82, 2.24) is 4.98 Å². The maximum atomic E-state index is 12.0. The molecule has 0 aliphatic heterocycles. The van der Waals surface area contributed by atoms with Crippen molar-refractivity contribution in [1.29, 1.82) is 0 Å². The number of carbonyl (C=O) groups is 2. The summed E-state index contributed by atoms with van der Waals surface area (Å²) >= 11 is 7.12. The highest BCUT2D eigenvalue weighted by Crippen LogP contribution is 2.27. The fourth-order valence-electron chi connectivity index (χ4n) is 2.11. The highest BCUT2D eigenvalue weighted by molar-refractivity contribution is 7.22. The van der Waals surface area contributed by atoms with Gasteiger partial charge in [-0.15, -0.1) is 0 Å². The van der Waals surface area contributed by atoms with Gasteiger partial charge in [0.15, 0.2) is 5.13 Å². The van der Waals surface area contributed by atoms with Crippen LogP contribution in [0.25, 0.3) is 10.2 Å². The second kappa shape index (κ2) is 7.50. The number of thiazole rings is 1. The lowest BCUT2D eigenvalue weighted by atomic mass is 10.2. The van der Waals surface area contributed by atoms with Gasteiger partial charge in [0.2, 0.25) is 0 Å². The number of hydrogen-bond donors (Lipinski definition) is 2. The van der Waals surface area contributed by atoms with Crippen LogP contribution in [0, 0.1) is 0 Å². The third kappa shape index (κ3) is 4.26. The monoisotopic (exact) mass is 375 g/mol. The smallest absolute Gasteiger partial charge is 0.338 e. The number of amides is 2. The zero-order valence-corrected chi connectivity index (χ0v) is 14.8. The Kier molecular flexibility index (Phi) is 5.16. The molecule has 3 aromatic rings. The lowest BCUT2D eigenvalue weighted by Gasteiger charge is -2.04. The molecule has 1 aromatic heterocycles. The summed E-state index contributed by atoms with van der Waals surface area (Å²) in [5.41, 5.74) is 1.67. The topological polar surface area (TPSA) is 80.3 Å². The van der Waals surface area contributed by atoms with Crippen molar-refractivity contribution in [2.24, 2.45) is 0 Å². The highest BCUT2D eigenvalue weighted by atomic mass is 35.5. The molecule has 2 N–H and O–H groups in total. The van der Waals surface area contributed by atoms with Crippen LogP contribution in [0.15, 0.2) is 42.5 Å². The number of aromatic nitrogens is 1. The zero-order chi connectivity index (χ0) is 17.8. The molecule has 0 radical (unpaired) electrons. The summed E-state index contributed by atoms with van der Waals surface area (Å²) in [7, 11) is 0. The number of nitrogens with zero attached hydrogens (tertiary/aromatic N) is 1. The summed E-state index contributed by atoms with van der Waals surface area (Å²) < 4.78 is 5.83. The Morgan fingerprint density at radius 1 is 1.16 bits per heavy atom. The van der Waals surface area contributed by atoms with E-state index in [0.29, 0.717) is 33.5 Å². The molecule has 0 unspecified atom stereocenters. The van der Waals surface area contributed by atoms with Gasteiger partial charge in [-0.25, -0.2) is 14.6 Å². The number of esters is 1. The Bertz CT molecular complexity index is 925. The van der Waals surface area contributed by atoms with Gasteiger partial charge in [0.05, 0.1) is 22.4 Å². The Morgan fingerprint density at radius 2 is 1.92 bits per heavy atom. The summed E-state index contributed by atoms with van der Waals surface area (Å²) in [5, 5.41) is 6.39. The number of nitrogens with one attached hydrogen (secondary N) is 2. The number of halogens is 1. The van der Waals surface area contributed by atoms with Crippen molar-refractivity contribution >= 4 is 56.0 Å². The van der Waals surface area contributed by atoms with Crippen LogP contribution in [0.3, 0.4) is 0 Å². The van der Waals surface area contributed by atoms with E-state index in [1.165, 1.54) is 11.3 Å². The molecule has 0 saturated heterocycles. The molecule has 2 aromatic carbocycles. The minimum Gasteiger partial charge on any atom is -0.462 e. The maximum absolute atomic E-state index is 12.0. The van der Waals surface area contributed by atoms with Gasteiger partial charge in [-0.05, 0) is 49.4 Å². The zero-order valence-electron chi connectivity index (χ0n) is 13.2. The first-order valence-corrected chi connectivity index (χ1v) is 8.66. The number of urea groups is 1. The van der Waals surface area contributed by atoms with Crippen LogP contribution in [0.5, 0.6) is 0 Å². The molecule has 0 fully saturated rings. The van der Waals surface area contributed by atoms with Crippen molar-refractivity contribution < 1.29 is 14.3 Å². The first-order chi connectivity index (χ1) is 12.0. The van der Waals surface area contributed by atoms with Crippen molar-refractivity contribution in [2.45, 2.75) is 6.92 Å². The van der Waals surface area contributed by atoms with Gasteiger partial charge in [-0.3, -0.25) is 5.32 Å². The van der Waals surface area contributed by atoms with Crippen LogP contribution in [-0.2, 0) is 4.74 Å². The van der Waals surface area contributed by atoms with Crippen molar-refractivity contribution in [3.8, 4) is 0 Å². The van der Waals surface area contributed by atoms with E-state index in [2.05, 4.69) is 15.6 Å². The van der Waals surface area contributed by atoms with E-state index >= 15 is 0 Å². The SMILES string of the molecule is CCOC(=O)c1ccc2sc(NC(=O)Nc3ccc(Cl)cc3)nc2c1. The van der Waals surface area contributed by atoms with Gasteiger partial charge < -0.3 is 10.1 Å². The van der Waals surface area contributed by atoms with Gasteiger partial charge in [0, 0.05) is 10.7 Å². The fraction of sp³-hybridized carbons (Fsp3) is 0.118. The van der Waals surface area contributed by atoms with Crippen LogP contribution < -0.4 is 10.6 Å². The summed E-state index contributed by atoms with van der Waals surface area (Å²) in [6.45, 7) is 2.06. The Labute approximate surface area is 152 Å². The van der Waals surface area contributed by atoms with Crippen LogP contribution >= 0.6 is 22.9 Å². The van der Waals surface area contributed by atoms with Crippen molar-refractivity contribution in [3.05, 3.63) is 53.1 Å². The van der Waals surface area contributed by atoms with E-state index in [4.69, 9.17) is 16.3 Å². The molecule has 3 rings (SSSR count). The van der Waals surface area contributed by atoms with E-state index in [9.17, 15) is 9.59 Å². The normalized spacial score (nSPS) is 10.5. The van der Waals surface area contributed by atoms with E-state index < -0.39 is 12.0 Å². The van der Waals surface area contributed by atoms with Crippen LogP contribution in [0.2, 0.25) is 5.02 Å². The Morgan fingerprint density at radius 3 is 2.64 bits per heavy atom. The summed E-state index contributed by atoms with van der Waals surface area (Å²) in [5.74, 6) is -0.396. The highest BCUT2D eigenvalue weighted by Gasteiger charge is 2.12. The molecule has 128 valence electrons. The first-order valence-electron chi connectivity index (χ1n) is 7.46. The molecular formula is C17H14ClN3O3S. The molecule has 2 amide bonds. The van der Waals surface area contributed by atoms with Gasteiger partial charge >= 0.3 is 12.0 Å². The standard InChI is InChI=1S/C17H14ClN3O3S/c1-2-24-15(22)10-3-8-14-13(9-10)20-17(25-14)21-16(23)19-12-6-4-11(18)5-7-12/h3-9H,2H2,1H3,(H2,19,20,21,23). The quantitative estimate of drug-likeness (QED) is 0.643. The third-order valence-electron chi connectivity index (χ3n) is 3.22. The fourth-order valence-corrected chi connectivity index (χ4v) is 3.08. The second-order valence-electron chi connectivity index (χ2n) is 5.01. The number of rotatable bonds is 4. The average Bonchev–Trinajstić information content (AvgIpc) is 2.98. The van der Waals surface area contributed by atoms with Gasteiger partial charge in [-0.2, -0.15) is 0 Å². The Hall–Kier alpha value is -2.64. The molecule has 0 spiro atoms. The molecule has 0 bridgehead atoms. The van der Waals surface area contributed by atoms with Crippen LogP contribution in [0.1, 0.15) is 17.3 Å². The summed E-state index contributed by atoms with van der Waals surface area (Å²) in [6.07, 6.45) is 0. The number of carbonyl (C=O) groups excluding carboxylic acids is 2. The largest absolute Gasteiger partial charge is 0.462 e. The number of fused-ring (bicyclic) bond motifs is 1. The second-order valence-corrected chi connectivity index (χ2v) is 6.48. The number of ether oxygens (including phenoxy) is 1. The summed E-state index contributed by atoms with van der Waals surface area (Å²) in [4.78, 5) is 28.1. The average molecular weight is 376 g/mol. The van der Waals surface area contributed by atoms with E-state index in [1.807, 2.05) is 0 Å². The van der Waals surface area contributed by atoms with Crippen LogP contribution in [-0.4, -0.2) is 23.6 Å². The molecule has 6 nitrogen and oxygen atoms in total. The first kappa shape index (κ1) is 17.2. The number of hydrogen-bond acceptors (Lipinski definition) is 5. The summed E-state index contributed by atoms with van der Waals surface area (Å²) in [6, 6.07) is 11.5. The van der Waals surface area contributed by atoms with E-state index in [0.717, 1.165) is 4.70 Å². The van der Waals surface area contributed by atoms with Crippen molar-refractivity contribution in [3.63, 3.8) is 0 Å². The van der Waals surface area contributed by atoms with E-state index in [1.54, 1.807) is 49.4 Å². The molecule has 0 aliphatic rings.